The minimum absolute atomic E-state index is 0.0239. The van der Waals surface area contributed by atoms with Gasteiger partial charge in [-0.3, -0.25) is 10.1 Å². The summed E-state index contributed by atoms with van der Waals surface area (Å²) in [5, 5.41) is 18.2. The minimum atomic E-state index is -0.432. The zero-order valence-electron chi connectivity index (χ0n) is 6.97. The maximum Gasteiger partial charge on any atom is 0.271 e. The first-order valence-corrected chi connectivity index (χ1v) is 3.87. The minimum Gasteiger partial charge on any atom is -0.258 e. The second-order valence-corrected chi connectivity index (χ2v) is 2.89. The summed E-state index contributed by atoms with van der Waals surface area (Å²) in [6, 6.07) is 4.66. The SMILES string of the molecule is CC1N=Nc2cc([N+](=O)[O-])ccc21. The first-order valence-electron chi connectivity index (χ1n) is 3.87. The number of azo groups is 1. The number of benzene rings is 1. The number of nitro benzene ring substituents is 1. The van der Waals surface area contributed by atoms with Gasteiger partial charge < -0.3 is 0 Å². The van der Waals surface area contributed by atoms with E-state index < -0.39 is 4.92 Å². The fourth-order valence-corrected chi connectivity index (χ4v) is 1.30. The maximum absolute atomic E-state index is 10.4. The molecule has 1 heterocycles. The summed E-state index contributed by atoms with van der Waals surface area (Å²) in [5.41, 5.74) is 1.62. The van der Waals surface area contributed by atoms with Crippen molar-refractivity contribution in [1.29, 1.82) is 0 Å². The van der Waals surface area contributed by atoms with Gasteiger partial charge in [-0.25, -0.2) is 0 Å². The molecule has 0 aromatic heterocycles. The molecule has 5 heteroatoms. The number of nitrogens with zero attached hydrogens (tertiary/aromatic N) is 3. The molecule has 0 saturated heterocycles. The van der Waals surface area contributed by atoms with Gasteiger partial charge in [0.05, 0.1) is 16.7 Å². The molecule has 1 aliphatic rings. The highest BCUT2D eigenvalue weighted by atomic mass is 16.6. The van der Waals surface area contributed by atoms with Crippen molar-refractivity contribution in [2.75, 3.05) is 0 Å². The largest absolute Gasteiger partial charge is 0.271 e. The van der Waals surface area contributed by atoms with E-state index in [2.05, 4.69) is 10.2 Å². The molecule has 0 amide bonds. The Bertz CT molecular complexity index is 400. The molecular weight excluding hydrogens is 170 g/mol. The summed E-state index contributed by atoms with van der Waals surface area (Å²) < 4.78 is 0. The van der Waals surface area contributed by atoms with E-state index in [1.54, 1.807) is 6.07 Å². The van der Waals surface area contributed by atoms with Gasteiger partial charge >= 0.3 is 0 Å². The Balaban J connectivity index is 2.50. The standard InChI is InChI=1S/C8H7N3O2/c1-5-7-3-2-6(11(12)13)4-8(7)10-9-5/h2-5H,1H3. The average molecular weight is 177 g/mol. The van der Waals surface area contributed by atoms with Crippen molar-refractivity contribution < 1.29 is 4.92 Å². The van der Waals surface area contributed by atoms with Crippen LogP contribution in [0.15, 0.2) is 28.4 Å². The van der Waals surface area contributed by atoms with Crippen LogP contribution in [0.2, 0.25) is 0 Å². The van der Waals surface area contributed by atoms with Crippen LogP contribution < -0.4 is 0 Å². The predicted molar refractivity (Wildman–Crippen MR) is 46.0 cm³/mol. The molecule has 0 saturated carbocycles. The predicted octanol–water partition coefficient (Wildman–Crippen LogP) is 2.75. The number of rotatable bonds is 1. The van der Waals surface area contributed by atoms with Gasteiger partial charge in [0.15, 0.2) is 0 Å². The van der Waals surface area contributed by atoms with Gasteiger partial charge in [-0.15, -0.1) is 0 Å². The molecule has 66 valence electrons. The van der Waals surface area contributed by atoms with Crippen molar-refractivity contribution in [3.63, 3.8) is 0 Å². The summed E-state index contributed by atoms with van der Waals surface area (Å²) in [6.07, 6.45) is 0. The van der Waals surface area contributed by atoms with Crippen LogP contribution in [0.1, 0.15) is 18.5 Å². The van der Waals surface area contributed by atoms with Crippen LogP contribution in [0.25, 0.3) is 0 Å². The van der Waals surface area contributed by atoms with E-state index in [0.717, 1.165) is 5.56 Å². The molecule has 1 aliphatic heterocycles. The second-order valence-electron chi connectivity index (χ2n) is 2.89. The smallest absolute Gasteiger partial charge is 0.258 e. The molecule has 1 unspecified atom stereocenters. The van der Waals surface area contributed by atoms with Crippen molar-refractivity contribution in [3.05, 3.63) is 33.9 Å². The van der Waals surface area contributed by atoms with Crippen LogP contribution in [0.5, 0.6) is 0 Å². The highest BCUT2D eigenvalue weighted by molar-refractivity contribution is 5.55. The first-order chi connectivity index (χ1) is 6.18. The lowest BCUT2D eigenvalue weighted by Crippen LogP contribution is -1.89. The average Bonchev–Trinajstić information content (AvgIpc) is 2.47. The van der Waals surface area contributed by atoms with Crippen LogP contribution >= 0.6 is 0 Å². The summed E-state index contributed by atoms with van der Waals surface area (Å²) in [4.78, 5) is 9.98. The Labute approximate surface area is 74.3 Å². The molecule has 0 spiro atoms. The topological polar surface area (TPSA) is 67.9 Å². The number of hydrogen-bond acceptors (Lipinski definition) is 4. The Morgan fingerprint density at radius 3 is 3.00 bits per heavy atom. The number of fused-ring (bicyclic) bond motifs is 1. The quantitative estimate of drug-likeness (QED) is 0.488. The third kappa shape index (κ3) is 1.18. The lowest BCUT2D eigenvalue weighted by Gasteiger charge is -1.98. The van der Waals surface area contributed by atoms with Crippen LogP contribution in [-0.2, 0) is 0 Å². The van der Waals surface area contributed by atoms with E-state index in [1.165, 1.54) is 12.1 Å². The van der Waals surface area contributed by atoms with Crippen LogP contribution in [0.4, 0.5) is 11.4 Å². The van der Waals surface area contributed by atoms with Crippen molar-refractivity contribution in [1.82, 2.24) is 0 Å². The Hall–Kier alpha value is -1.78. The van der Waals surface area contributed by atoms with Gasteiger partial charge in [0.2, 0.25) is 0 Å². The van der Waals surface area contributed by atoms with Gasteiger partial charge in [-0.05, 0) is 13.0 Å². The molecule has 0 N–H and O–H groups in total. The summed E-state index contributed by atoms with van der Waals surface area (Å²) in [7, 11) is 0. The van der Waals surface area contributed by atoms with Crippen LogP contribution in [-0.4, -0.2) is 4.92 Å². The Morgan fingerprint density at radius 1 is 1.54 bits per heavy atom. The third-order valence-corrected chi connectivity index (χ3v) is 2.01. The number of hydrogen-bond donors (Lipinski definition) is 0. The number of nitro groups is 1. The Kier molecular flexibility index (Phi) is 1.58. The number of non-ortho nitro benzene ring substituents is 1. The molecule has 13 heavy (non-hydrogen) atoms. The normalized spacial score (nSPS) is 18.7. The summed E-state index contributed by atoms with van der Waals surface area (Å²) in [6.45, 7) is 1.90. The molecule has 0 radical (unpaired) electrons. The lowest BCUT2D eigenvalue weighted by atomic mass is 10.1. The second kappa shape index (κ2) is 2.62. The molecular formula is C8H7N3O2. The summed E-state index contributed by atoms with van der Waals surface area (Å²) >= 11 is 0. The molecule has 0 fully saturated rings. The molecule has 5 nitrogen and oxygen atoms in total. The van der Waals surface area contributed by atoms with Crippen molar-refractivity contribution in [2.24, 2.45) is 10.2 Å². The third-order valence-electron chi connectivity index (χ3n) is 2.01. The van der Waals surface area contributed by atoms with Crippen molar-refractivity contribution in [2.45, 2.75) is 13.0 Å². The van der Waals surface area contributed by atoms with Gasteiger partial charge in [-0.2, -0.15) is 10.2 Å². The molecule has 1 aromatic rings. The lowest BCUT2D eigenvalue weighted by molar-refractivity contribution is -0.384. The van der Waals surface area contributed by atoms with E-state index in [1.807, 2.05) is 6.92 Å². The van der Waals surface area contributed by atoms with E-state index in [-0.39, 0.29) is 11.7 Å². The van der Waals surface area contributed by atoms with Gasteiger partial charge in [0, 0.05) is 17.7 Å². The highest BCUT2D eigenvalue weighted by Gasteiger charge is 2.18. The molecule has 2 rings (SSSR count). The van der Waals surface area contributed by atoms with Gasteiger partial charge in [0.1, 0.15) is 0 Å². The highest BCUT2D eigenvalue weighted by Crippen LogP contribution is 2.37. The van der Waals surface area contributed by atoms with Gasteiger partial charge in [0.25, 0.3) is 5.69 Å². The first kappa shape index (κ1) is 7.85. The van der Waals surface area contributed by atoms with Crippen LogP contribution in [0.3, 0.4) is 0 Å². The van der Waals surface area contributed by atoms with Gasteiger partial charge in [-0.1, -0.05) is 0 Å². The zero-order chi connectivity index (χ0) is 9.42. The van der Waals surface area contributed by atoms with E-state index in [4.69, 9.17) is 0 Å². The van der Waals surface area contributed by atoms with E-state index in [9.17, 15) is 10.1 Å². The Morgan fingerprint density at radius 2 is 2.31 bits per heavy atom. The molecule has 1 aromatic carbocycles. The molecule has 0 aliphatic carbocycles. The maximum atomic E-state index is 10.4. The summed E-state index contributed by atoms with van der Waals surface area (Å²) in [5.74, 6) is 0. The van der Waals surface area contributed by atoms with Crippen LogP contribution in [0, 0.1) is 10.1 Å². The van der Waals surface area contributed by atoms with Crippen molar-refractivity contribution in [3.8, 4) is 0 Å². The fourth-order valence-electron chi connectivity index (χ4n) is 1.30. The van der Waals surface area contributed by atoms with E-state index in [0.29, 0.717) is 5.69 Å². The molecule has 1 atom stereocenters. The van der Waals surface area contributed by atoms with Crippen molar-refractivity contribution >= 4 is 11.4 Å². The molecule has 0 bridgehead atoms. The monoisotopic (exact) mass is 177 g/mol. The zero-order valence-corrected chi connectivity index (χ0v) is 6.97. The van der Waals surface area contributed by atoms with E-state index >= 15 is 0 Å². The fraction of sp³-hybridized carbons (Fsp3) is 0.250.